The Morgan fingerprint density at radius 1 is 0.529 bits per heavy atom. The number of thiophene rings is 1. The zero-order valence-corrected chi connectivity index (χ0v) is 27.5. The van der Waals surface area contributed by atoms with Crippen LogP contribution in [-0.4, -0.2) is 19.5 Å². The number of hydrogen-bond acceptors (Lipinski definition) is 5. The van der Waals surface area contributed by atoms with Crippen LogP contribution in [0.1, 0.15) is 6.85 Å². The number of benzene rings is 7. The minimum absolute atomic E-state index is 0.0300. The molecule has 238 valence electrons. The van der Waals surface area contributed by atoms with Crippen LogP contribution in [0.2, 0.25) is 0 Å². The molecule has 51 heavy (non-hydrogen) atoms. The largest absolute Gasteiger partial charge is 0.455 e. The molecule has 0 amide bonds. The van der Waals surface area contributed by atoms with Crippen molar-refractivity contribution in [3.05, 3.63) is 158 Å². The van der Waals surface area contributed by atoms with Crippen LogP contribution in [0, 0.1) is 0 Å². The maximum atomic E-state index is 8.86. The van der Waals surface area contributed by atoms with Crippen molar-refractivity contribution >= 4 is 75.3 Å². The minimum Gasteiger partial charge on any atom is -0.455 e. The van der Waals surface area contributed by atoms with Crippen LogP contribution in [0.25, 0.3) is 104 Å². The summed E-state index contributed by atoms with van der Waals surface area (Å²) in [6.07, 6.45) is 0. The smallest absolute Gasteiger partial charge is 0.167 e. The highest BCUT2D eigenvalue weighted by Crippen LogP contribution is 2.42. The Morgan fingerprint density at radius 3 is 1.98 bits per heavy atom. The monoisotopic (exact) mass is 675 g/mol. The van der Waals surface area contributed by atoms with E-state index in [0.717, 1.165) is 53.2 Å². The fourth-order valence-electron chi connectivity index (χ4n) is 7.35. The van der Waals surface area contributed by atoms with Gasteiger partial charge in [0.15, 0.2) is 17.5 Å². The van der Waals surface area contributed by atoms with E-state index in [2.05, 4.69) is 77.4 Å². The van der Waals surface area contributed by atoms with E-state index in [0.29, 0.717) is 22.6 Å². The van der Waals surface area contributed by atoms with Gasteiger partial charge in [0.1, 0.15) is 11.2 Å². The summed E-state index contributed by atoms with van der Waals surface area (Å²) in [5.74, 6) is 0.527. The highest BCUT2D eigenvalue weighted by Gasteiger charge is 2.20. The molecule has 0 aliphatic carbocycles. The predicted octanol–water partition coefficient (Wildman–Crippen LogP) is 12.2. The first-order valence-electron chi connectivity index (χ1n) is 19.0. The fraction of sp³-hybridized carbons (Fsp3) is 0. The second kappa shape index (κ2) is 10.9. The van der Waals surface area contributed by atoms with E-state index in [9.17, 15) is 0 Å². The quantitative estimate of drug-likeness (QED) is 0.186. The van der Waals surface area contributed by atoms with E-state index < -0.39 is 30.2 Å². The molecule has 0 radical (unpaired) electrons. The molecule has 0 saturated heterocycles. The summed E-state index contributed by atoms with van der Waals surface area (Å²) in [6.45, 7) is 0. The Labute approximate surface area is 302 Å². The van der Waals surface area contributed by atoms with Gasteiger partial charge in [0, 0.05) is 58.5 Å². The molecule has 0 aliphatic heterocycles. The average Bonchev–Trinajstić information content (AvgIpc) is 3.91. The van der Waals surface area contributed by atoms with Crippen LogP contribution in [0.5, 0.6) is 0 Å². The van der Waals surface area contributed by atoms with Gasteiger partial charge in [-0.1, -0.05) is 109 Å². The van der Waals surface area contributed by atoms with Crippen molar-refractivity contribution in [3.63, 3.8) is 0 Å². The first-order valence-corrected chi connectivity index (χ1v) is 17.4. The summed E-state index contributed by atoms with van der Waals surface area (Å²) < 4.78 is 53.7. The summed E-state index contributed by atoms with van der Waals surface area (Å²) in [5.41, 5.74) is 5.73. The molecule has 11 aromatic rings. The van der Waals surface area contributed by atoms with Crippen molar-refractivity contribution in [2.75, 3.05) is 0 Å². The second-order valence-corrected chi connectivity index (χ2v) is 13.5. The van der Waals surface area contributed by atoms with Crippen LogP contribution in [0.4, 0.5) is 0 Å². The third-order valence-corrected chi connectivity index (χ3v) is 10.7. The number of aromatic nitrogens is 4. The number of fused-ring (bicyclic) bond motifs is 9. The Balaban J connectivity index is 1.20. The topological polar surface area (TPSA) is 56.7 Å². The van der Waals surface area contributed by atoms with E-state index >= 15 is 0 Å². The van der Waals surface area contributed by atoms with Crippen molar-refractivity contribution in [2.24, 2.45) is 0 Å². The van der Waals surface area contributed by atoms with Crippen molar-refractivity contribution < 1.29 is 11.3 Å². The fourth-order valence-corrected chi connectivity index (χ4v) is 8.47. The highest BCUT2D eigenvalue weighted by molar-refractivity contribution is 7.26. The maximum absolute atomic E-state index is 8.86. The van der Waals surface area contributed by atoms with Crippen molar-refractivity contribution in [3.8, 4) is 39.9 Å². The summed E-state index contributed by atoms with van der Waals surface area (Å²) in [6, 6.07) is 40.7. The molecular weight excluding hydrogens is 645 g/mol. The van der Waals surface area contributed by atoms with Gasteiger partial charge in [0.05, 0.1) is 23.5 Å². The molecule has 11 rings (SSSR count). The predicted molar refractivity (Wildman–Crippen MR) is 211 cm³/mol. The molecule has 0 bridgehead atoms. The van der Waals surface area contributed by atoms with Crippen molar-refractivity contribution in [1.82, 2.24) is 19.5 Å². The zero-order chi connectivity index (χ0) is 37.8. The maximum Gasteiger partial charge on any atom is 0.167 e. The van der Waals surface area contributed by atoms with Crippen LogP contribution in [0.15, 0.2) is 162 Å². The van der Waals surface area contributed by atoms with Crippen LogP contribution < -0.4 is 0 Å². The average molecular weight is 676 g/mol. The molecular formula is C45H26N4OS. The zero-order valence-electron chi connectivity index (χ0n) is 31.7. The van der Waals surface area contributed by atoms with E-state index in [1.54, 1.807) is 11.3 Å². The summed E-state index contributed by atoms with van der Waals surface area (Å²) in [4.78, 5) is 14.9. The van der Waals surface area contributed by atoms with Crippen LogP contribution in [-0.2, 0) is 0 Å². The van der Waals surface area contributed by atoms with Gasteiger partial charge in [0.25, 0.3) is 0 Å². The molecule has 0 spiro atoms. The van der Waals surface area contributed by atoms with E-state index in [4.69, 9.17) is 26.2 Å². The lowest BCUT2D eigenvalue weighted by molar-refractivity contribution is 0.669. The van der Waals surface area contributed by atoms with Crippen LogP contribution in [0.3, 0.4) is 0 Å². The first-order chi connectivity index (χ1) is 27.4. The Bertz CT molecular complexity index is 3380. The lowest BCUT2D eigenvalue weighted by Crippen LogP contribution is -2.00. The van der Waals surface area contributed by atoms with Gasteiger partial charge in [-0.3, -0.25) is 0 Å². The second-order valence-electron chi connectivity index (χ2n) is 12.4. The van der Waals surface area contributed by atoms with Gasteiger partial charge in [0.2, 0.25) is 0 Å². The summed E-state index contributed by atoms with van der Waals surface area (Å²) in [7, 11) is 0. The number of nitrogens with zero attached hydrogens (tertiary/aromatic N) is 4. The van der Waals surface area contributed by atoms with E-state index in [1.165, 1.54) is 10.8 Å². The molecule has 0 atom stereocenters. The molecule has 5 nitrogen and oxygen atoms in total. The molecule has 6 heteroatoms. The molecule has 0 aliphatic rings. The van der Waals surface area contributed by atoms with Gasteiger partial charge in [-0.25, -0.2) is 15.0 Å². The van der Waals surface area contributed by atoms with E-state index in [1.807, 2.05) is 54.6 Å². The third kappa shape index (κ3) is 4.30. The van der Waals surface area contributed by atoms with Gasteiger partial charge in [-0.2, -0.15) is 0 Å². The van der Waals surface area contributed by atoms with E-state index in [-0.39, 0.29) is 17.2 Å². The van der Waals surface area contributed by atoms with Crippen LogP contribution >= 0.6 is 11.3 Å². The lowest BCUT2D eigenvalue weighted by Gasteiger charge is -2.11. The summed E-state index contributed by atoms with van der Waals surface area (Å²) >= 11 is 1.67. The molecule has 7 aromatic carbocycles. The SMILES string of the molecule is [2H]c1c([2H])c([2H])c(-c2nc(-c3cccc4c3oc3ccccc34)nc(-c3cccc4sc5ccc(-n6c7ccccc7c7ccccc76)cc5c34)n2)c([2H])c1[2H]. The van der Waals surface area contributed by atoms with Gasteiger partial charge < -0.3 is 8.98 Å². The number of rotatable bonds is 4. The molecule has 0 saturated carbocycles. The van der Waals surface area contributed by atoms with Crippen molar-refractivity contribution in [1.29, 1.82) is 0 Å². The number of para-hydroxylation sites is 4. The normalized spacial score (nSPS) is 13.3. The highest BCUT2D eigenvalue weighted by atomic mass is 32.1. The Morgan fingerprint density at radius 2 is 1.18 bits per heavy atom. The first kappa shape index (κ1) is 23.7. The number of hydrogen-bond donors (Lipinski definition) is 0. The minimum atomic E-state index is -0.487. The van der Waals surface area contributed by atoms with Crippen molar-refractivity contribution in [2.45, 2.75) is 0 Å². The molecule has 0 unspecified atom stereocenters. The molecule has 4 heterocycles. The molecule has 0 N–H and O–H groups in total. The standard InChI is InChI=1S/C45H26N4OS/c1-2-12-27(13-3-1)43-46-44(48-45(47-43)34-19-10-17-32-31-16-6-9-22-38(31)50-42(32)34)33-18-11-23-40-41(33)35-26-28(24-25-39(35)51-40)49-36-20-7-4-14-29(36)30-15-5-8-21-37(30)49/h1-26H/i1D,2D,3D,12D,13D. The summed E-state index contributed by atoms with van der Waals surface area (Å²) in [5, 5.41) is 6.14. The molecule has 4 aromatic heterocycles. The number of furan rings is 1. The Kier molecular flexibility index (Phi) is 5.08. The van der Waals surface area contributed by atoms with Gasteiger partial charge >= 0.3 is 0 Å². The Hall–Kier alpha value is -6.63. The molecule has 0 fully saturated rings. The van der Waals surface area contributed by atoms with Gasteiger partial charge in [-0.05, 0) is 48.5 Å². The van der Waals surface area contributed by atoms with Gasteiger partial charge in [-0.15, -0.1) is 11.3 Å². The lowest BCUT2D eigenvalue weighted by atomic mass is 10.0. The third-order valence-electron chi connectivity index (χ3n) is 9.56.